The summed E-state index contributed by atoms with van der Waals surface area (Å²) in [7, 11) is 0. The van der Waals surface area contributed by atoms with Gasteiger partial charge in [0.05, 0.1) is 0 Å². The Labute approximate surface area is 72.2 Å². The van der Waals surface area contributed by atoms with Crippen LogP contribution in [0.25, 0.3) is 0 Å². The molecule has 2 aliphatic heterocycles. The highest BCUT2D eigenvalue weighted by molar-refractivity contribution is 5.87. The van der Waals surface area contributed by atoms with Crippen LogP contribution >= 0.6 is 0 Å². The summed E-state index contributed by atoms with van der Waals surface area (Å²) in [5, 5.41) is 20.4. The molecule has 2 atom stereocenters. The Morgan fingerprint density at radius 1 is 1.54 bits per heavy atom. The molecule has 0 aromatic rings. The maximum Gasteiger partial charge on any atom is 0.272 e. The van der Waals surface area contributed by atoms with Crippen molar-refractivity contribution in [3.8, 4) is 0 Å². The fourth-order valence-corrected chi connectivity index (χ4v) is 1.20. The van der Waals surface area contributed by atoms with Crippen LogP contribution in [0.15, 0.2) is 10.1 Å². The smallest absolute Gasteiger partial charge is 0.272 e. The fraction of sp³-hybridized carbons (Fsp3) is 0.500. The van der Waals surface area contributed by atoms with Crippen LogP contribution in [0.2, 0.25) is 0 Å². The lowest BCUT2D eigenvalue weighted by molar-refractivity contribution is -0.485. The van der Waals surface area contributed by atoms with E-state index >= 15 is 0 Å². The van der Waals surface area contributed by atoms with Gasteiger partial charge in [-0.25, -0.2) is 15.1 Å². The van der Waals surface area contributed by atoms with Gasteiger partial charge in [0, 0.05) is 0 Å². The van der Waals surface area contributed by atoms with Gasteiger partial charge in [-0.15, -0.1) is 0 Å². The van der Waals surface area contributed by atoms with E-state index in [0.29, 0.717) is 5.96 Å². The average molecular weight is 185 g/mol. The molecule has 1 saturated heterocycles. The largest absolute Gasteiger partial charge is 0.370 e. The van der Waals surface area contributed by atoms with Gasteiger partial charge in [0.25, 0.3) is 5.96 Å². The molecule has 70 valence electrons. The highest BCUT2D eigenvalue weighted by Crippen LogP contribution is 2.05. The predicted octanol–water partition coefficient (Wildman–Crippen LogP) is -2.70. The molecule has 0 aliphatic carbocycles. The van der Waals surface area contributed by atoms with Crippen molar-refractivity contribution in [2.45, 2.75) is 12.3 Å². The molecule has 0 aromatic heterocycles. The van der Waals surface area contributed by atoms with Gasteiger partial charge in [0.1, 0.15) is 11.3 Å². The molecular weight excluding hydrogens is 178 g/mol. The number of nitro groups is 1. The summed E-state index contributed by atoms with van der Waals surface area (Å²) < 4.78 is 0. The van der Waals surface area contributed by atoms with Crippen LogP contribution in [0.5, 0.6) is 0 Å². The van der Waals surface area contributed by atoms with Crippen molar-refractivity contribution in [3.63, 3.8) is 0 Å². The van der Waals surface area contributed by atoms with Gasteiger partial charge in [0.2, 0.25) is 0 Å². The normalized spacial score (nSPS) is 32.9. The number of aliphatic imine (C=N–C) groups is 1. The summed E-state index contributed by atoms with van der Waals surface area (Å²) in [5.74, 6) is 0.388. The van der Waals surface area contributed by atoms with Gasteiger partial charge in [-0.2, -0.15) is 0 Å². The maximum atomic E-state index is 10.00. The molecule has 2 aliphatic rings. The molecule has 9 nitrogen and oxygen atoms in total. The van der Waals surface area contributed by atoms with E-state index in [1.807, 2.05) is 0 Å². The molecular formula is C4H7N7O2. The highest BCUT2D eigenvalue weighted by Gasteiger charge is 2.36. The van der Waals surface area contributed by atoms with E-state index in [9.17, 15) is 10.1 Å². The van der Waals surface area contributed by atoms with Crippen molar-refractivity contribution in [2.24, 2.45) is 15.8 Å². The van der Waals surface area contributed by atoms with Crippen molar-refractivity contribution in [1.29, 1.82) is 0 Å². The highest BCUT2D eigenvalue weighted by atomic mass is 16.7. The minimum atomic E-state index is -0.788. The van der Waals surface area contributed by atoms with Gasteiger partial charge in [0.15, 0.2) is 17.2 Å². The molecule has 0 bridgehead atoms. The van der Waals surface area contributed by atoms with Crippen LogP contribution < -0.4 is 21.7 Å². The number of hydrogen-bond donors (Lipinski definition) is 4. The molecule has 0 saturated carbocycles. The Kier molecular flexibility index (Phi) is 1.44. The minimum absolute atomic E-state index is 0.0868. The predicted molar refractivity (Wildman–Crippen MR) is 43.0 cm³/mol. The summed E-state index contributed by atoms with van der Waals surface area (Å²) in [4.78, 5) is 13.9. The Morgan fingerprint density at radius 2 is 2.31 bits per heavy atom. The first-order valence-electron chi connectivity index (χ1n) is 3.51. The third-order valence-corrected chi connectivity index (χ3v) is 1.66. The third-order valence-electron chi connectivity index (χ3n) is 1.66. The molecule has 5 N–H and O–H groups in total. The molecule has 9 heteroatoms. The van der Waals surface area contributed by atoms with E-state index < -0.39 is 5.03 Å². The van der Waals surface area contributed by atoms with Gasteiger partial charge >= 0.3 is 0 Å². The van der Waals surface area contributed by atoms with Crippen molar-refractivity contribution in [2.75, 3.05) is 0 Å². The Hall–Kier alpha value is -2.06. The summed E-state index contributed by atoms with van der Waals surface area (Å²) in [6.45, 7) is 0. The van der Waals surface area contributed by atoms with Gasteiger partial charge in [-0.3, -0.25) is 0 Å². The number of fused-ring (bicyclic) bond motifs is 1. The molecule has 1 fully saturated rings. The van der Waals surface area contributed by atoms with Gasteiger partial charge in [-0.1, -0.05) is 0 Å². The van der Waals surface area contributed by atoms with Gasteiger partial charge in [-0.05, 0) is 0 Å². The minimum Gasteiger partial charge on any atom is -0.370 e. The van der Waals surface area contributed by atoms with Gasteiger partial charge < -0.3 is 21.7 Å². The second-order valence-electron chi connectivity index (χ2n) is 2.56. The lowest BCUT2D eigenvalue weighted by atomic mass is 10.4. The molecule has 0 unspecified atom stereocenters. The van der Waals surface area contributed by atoms with E-state index in [-0.39, 0.29) is 18.3 Å². The standard InChI is InChI=1S/C4H7N7O2/c5-3-6-1-2(7-3)9-4(8-1)10-11(12)13/h1-2H,(H3,5,6,7)(H2,8,9,10)/t1-,2+. The lowest BCUT2D eigenvalue weighted by Crippen LogP contribution is -2.44. The zero-order chi connectivity index (χ0) is 9.42. The van der Waals surface area contributed by atoms with E-state index in [0.717, 1.165) is 0 Å². The number of rotatable bonds is 1. The van der Waals surface area contributed by atoms with E-state index in [4.69, 9.17) is 5.73 Å². The van der Waals surface area contributed by atoms with Crippen molar-refractivity contribution >= 4 is 11.9 Å². The quantitative estimate of drug-likeness (QED) is 0.259. The van der Waals surface area contributed by atoms with E-state index in [2.05, 4.69) is 26.0 Å². The maximum absolute atomic E-state index is 10.00. The molecule has 2 heterocycles. The zero-order valence-electron chi connectivity index (χ0n) is 6.39. The second-order valence-corrected chi connectivity index (χ2v) is 2.56. The third kappa shape index (κ3) is 1.30. The second kappa shape index (κ2) is 2.47. The first-order valence-corrected chi connectivity index (χ1v) is 3.51. The first-order chi connectivity index (χ1) is 6.15. The summed E-state index contributed by atoms with van der Waals surface area (Å²) >= 11 is 0. The van der Waals surface area contributed by atoms with Crippen LogP contribution in [0, 0.1) is 10.1 Å². The molecule has 2 rings (SSSR count). The van der Waals surface area contributed by atoms with Crippen LogP contribution in [0.3, 0.4) is 0 Å². The molecule has 13 heavy (non-hydrogen) atoms. The van der Waals surface area contributed by atoms with E-state index in [1.165, 1.54) is 0 Å². The van der Waals surface area contributed by atoms with E-state index in [1.54, 1.807) is 0 Å². The number of nitrogens with one attached hydrogen (secondary N) is 3. The molecule has 0 aromatic carbocycles. The number of hydrogen-bond acceptors (Lipinski definition) is 5. The van der Waals surface area contributed by atoms with Crippen molar-refractivity contribution < 1.29 is 5.03 Å². The number of guanidine groups is 2. The van der Waals surface area contributed by atoms with Crippen molar-refractivity contribution in [3.05, 3.63) is 10.1 Å². The first kappa shape index (κ1) is 7.58. The number of nitrogens with two attached hydrogens (primary N) is 1. The Morgan fingerprint density at radius 3 is 2.92 bits per heavy atom. The molecule has 0 spiro atoms. The van der Waals surface area contributed by atoms with Crippen LogP contribution in [-0.4, -0.2) is 29.3 Å². The summed E-state index contributed by atoms with van der Waals surface area (Å²) in [6.07, 6.45) is -0.572. The average Bonchev–Trinajstić information content (AvgIpc) is 2.41. The molecule has 0 radical (unpaired) electrons. The fourth-order valence-electron chi connectivity index (χ4n) is 1.20. The van der Waals surface area contributed by atoms with Crippen molar-refractivity contribution in [1.82, 2.24) is 16.0 Å². The SMILES string of the molecule is NC1=N[C@@H]2N/C(=N/[N+](=O)[O-])N[C@@H]2N1. The van der Waals surface area contributed by atoms with Crippen LogP contribution in [-0.2, 0) is 0 Å². The lowest BCUT2D eigenvalue weighted by Gasteiger charge is -2.05. The van der Waals surface area contributed by atoms with Crippen LogP contribution in [0.4, 0.5) is 0 Å². The Balaban J connectivity index is 2.08. The zero-order valence-corrected chi connectivity index (χ0v) is 6.39. The topological polar surface area (TPSA) is 130 Å². The summed E-state index contributed by atoms with van der Waals surface area (Å²) in [5.41, 5.74) is 5.36. The van der Waals surface area contributed by atoms with Crippen LogP contribution in [0.1, 0.15) is 0 Å². The monoisotopic (exact) mass is 185 g/mol. The molecule has 0 amide bonds. The number of nitrogens with zero attached hydrogens (tertiary/aromatic N) is 3. The Bertz CT molecular complexity index is 310. The summed E-state index contributed by atoms with van der Waals surface area (Å²) in [6, 6.07) is 0. The number of hydrazone groups is 1.